The molecular weight excluding hydrogens is 276 g/mol. The molecule has 0 aliphatic heterocycles. The van der Waals surface area contributed by atoms with E-state index in [1.54, 1.807) is 24.3 Å². The molecule has 2 aliphatic carbocycles. The minimum Gasteiger partial charge on any atom is -0.349 e. The molecule has 4 heteroatoms. The second kappa shape index (κ2) is 6.11. The Morgan fingerprint density at radius 2 is 1.86 bits per heavy atom. The lowest BCUT2D eigenvalue weighted by Gasteiger charge is -2.28. The van der Waals surface area contributed by atoms with Crippen molar-refractivity contribution in [2.75, 3.05) is 5.32 Å². The zero-order valence-corrected chi connectivity index (χ0v) is 13.3. The highest BCUT2D eigenvalue weighted by Crippen LogP contribution is 2.49. The van der Waals surface area contributed by atoms with Gasteiger partial charge in [-0.3, -0.25) is 9.59 Å². The SMILES string of the molecule is CC(=O)Nc1ccc(C(=O)NC(C)C2CC3CCC2C3)cc1. The Labute approximate surface area is 131 Å². The van der Waals surface area contributed by atoms with E-state index in [9.17, 15) is 9.59 Å². The van der Waals surface area contributed by atoms with Crippen molar-refractivity contribution < 1.29 is 9.59 Å². The van der Waals surface area contributed by atoms with Gasteiger partial charge in [0.1, 0.15) is 0 Å². The Balaban J connectivity index is 1.58. The van der Waals surface area contributed by atoms with E-state index in [2.05, 4.69) is 17.6 Å². The van der Waals surface area contributed by atoms with Crippen LogP contribution in [0.5, 0.6) is 0 Å². The van der Waals surface area contributed by atoms with Gasteiger partial charge in [-0.05, 0) is 68.2 Å². The Bertz CT molecular complexity index is 567. The minimum absolute atomic E-state index is 0.0235. The fraction of sp³-hybridized carbons (Fsp3) is 0.556. The van der Waals surface area contributed by atoms with Crippen molar-refractivity contribution in [2.45, 2.75) is 45.6 Å². The van der Waals surface area contributed by atoms with Crippen LogP contribution in [0, 0.1) is 17.8 Å². The van der Waals surface area contributed by atoms with Crippen molar-refractivity contribution in [1.82, 2.24) is 5.32 Å². The molecule has 4 atom stereocenters. The molecule has 0 heterocycles. The van der Waals surface area contributed by atoms with Crippen molar-refractivity contribution in [1.29, 1.82) is 0 Å². The third-order valence-electron chi connectivity index (χ3n) is 5.26. The Hall–Kier alpha value is -1.84. The van der Waals surface area contributed by atoms with E-state index in [1.807, 2.05) is 0 Å². The molecule has 2 bridgehead atoms. The molecule has 0 spiro atoms. The number of amides is 2. The van der Waals surface area contributed by atoms with Crippen LogP contribution in [0.15, 0.2) is 24.3 Å². The van der Waals surface area contributed by atoms with Crippen LogP contribution in [0.25, 0.3) is 0 Å². The fourth-order valence-electron chi connectivity index (χ4n) is 4.21. The van der Waals surface area contributed by atoms with Gasteiger partial charge >= 0.3 is 0 Å². The molecular formula is C18H24N2O2. The molecule has 4 unspecified atom stereocenters. The number of carbonyl (C=O) groups excluding carboxylic acids is 2. The lowest BCUT2D eigenvalue weighted by Crippen LogP contribution is -2.40. The lowest BCUT2D eigenvalue weighted by molar-refractivity contribution is -0.114. The summed E-state index contributed by atoms with van der Waals surface area (Å²) in [5.74, 6) is 2.21. The van der Waals surface area contributed by atoms with Crippen LogP contribution in [-0.4, -0.2) is 17.9 Å². The maximum absolute atomic E-state index is 12.4. The summed E-state index contributed by atoms with van der Waals surface area (Å²) >= 11 is 0. The predicted octanol–water partition coefficient (Wildman–Crippen LogP) is 3.20. The van der Waals surface area contributed by atoms with Crippen molar-refractivity contribution in [3.63, 3.8) is 0 Å². The molecule has 1 aromatic carbocycles. The summed E-state index contributed by atoms with van der Waals surface area (Å²) < 4.78 is 0. The summed E-state index contributed by atoms with van der Waals surface area (Å²) in [5, 5.41) is 5.86. The van der Waals surface area contributed by atoms with Crippen molar-refractivity contribution >= 4 is 17.5 Å². The second-order valence-electron chi connectivity index (χ2n) is 6.86. The molecule has 2 amide bonds. The fourth-order valence-corrected chi connectivity index (χ4v) is 4.21. The number of hydrogen-bond acceptors (Lipinski definition) is 2. The molecule has 3 rings (SSSR count). The molecule has 2 N–H and O–H groups in total. The van der Waals surface area contributed by atoms with Gasteiger partial charge in [-0.2, -0.15) is 0 Å². The number of benzene rings is 1. The maximum Gasteiger partial charge on any atom is 0.251 e. The van der Waals surface area contributed by atoms with Crippen LogP contribution in [-0.2, 0) is 4.79 Å². The predicted molar refractivity (Wildman–Crippen MR) is 86.6 cm³/mol. The van der Waals surface area contributed by atoms with Crippen LogP contribution < -0.4 is 10.6 Å². The van der Waals surface area contributed by atoms with Crippen LogP contribution in [0.1, 0.15) is 49.9 Å². The first-order valence-electron chi connectivity index (χ1n) is 8.21. The van der Waals surface area contributed by atoms with Crippen molar-refractivity contribution in [2.24, 2.45) is 17.8 Å². The molecule has 0 radical (unpaired) electrons. The average molecular weight is 300 g/mol. The molecule has 2 saturated carbocycles. The number of anilines is 1. The molecule has 118 valence electrons. The number of carbonyl (C=O) groups is 2. The molecule has 1 aromatic rings. The van der Waals surface area contributed by atoms with Crippen LogP contribution in [0.2, 0.25) is 0 Å². The molecule has 0 aromatic heterocycles. The summed E-state index contributed by atoms with van der Waals surface area (Å²) in [6, 6.07) is 7.28. The van der Waals surface area contributed by atoms with E-state index < -0.39 is 0 Å². The first kappa shape index (κ1) is 15.1. The molecule has 22 heavy (non-hydrogen) atoms. The average Bonchev–Trinajstić information content (AvgIpc) is 3.10. The monoisotopic (exact) mass is 300 g/mol. The van der Waals surface area contributed by atoms with Crippen LogP contribution in [0.3, 0.4) is 0 Å². The molecule has 4 nitrogen and oxygen atoms in total. The van der Waals surface area contributed by atoms with E-state index in [4.69, 9.17) is 0 Å². The topological polar surface area (TPSA) is 58.2 Å². The third-order valence-corrected chi connectivity index (χ3v) is 5.26. The highest BCUT2D eigenvalue weighted by atomic mass is 16.2. The normalized spacial score (nSPS) is 27.5. The lowest BCUT2D eigenvalue weighted by atomic mass is 9.84. The first-order chi connectivity index (χ1) is 10.5. The van der Waals surface area contributed by atoms with E-state index in [0.717, 1.165) is 11.8 Å². The van der Waals surface area contributed by atoms with E-state index in [-0.39, 0.29) is 17.9 Å². The number of hydrogen-bond donors (Lipinski definition) is 2. The second-order valence-corrected chi connectivity index (χ2v) is 6.86. The van der Waals surface area contributed by atoms with Crippen LogP contribution >= 0.6 is 0 Å². The molecule has 0 saturated heterocycles. The van der Waals surface area contributed by atoms with Gasteiger partial charge in [0.05, 0.1) is 0 Å². The first-order valence-corrected chi connectivity index (χ1v) is 8.21. The van der Waals surface area contributed by atoms with E-state index in [0.29, 0.717) is 17.2 Å². The van der Waals surface area contributed by atoms with Gasteiger partial charge in [0.2, 0.25) is 5.91 Å². The van der Waals surface area contributed by atoms with Gasteiger partial charge in [-0.25, -0.2) is 0 Å². The number of fused-ring (bicyclic) bond motifs is 2. The van der Waals surface area contributed by atoms with Gasteiger partial charge in [-0.1, -0.05) is 6.42 Å². The zero-order valence-electron chi connectivity index (χ0n) is 13.3. The Morgan fingerprint density at radius 3 is 2.41 bits per heavy atom. The summed E-state index contributed by atoms with van der Waals surface area (Å²) in [6.07, 6.45) is 5.34. The zero-order chi connectivity index (χ0) is 15.7. The quantitative estimate of drug-likeness (QED) is 0.897. The van der Waals surface area contributed by atoms with Crippen LogP contribution in [0.4, 0.5) is 5.69 Å². The molecule has 2 fully saturated rings. The van der Waals surface area contributed by atoms with Gasteiger partial charge in [0.15, 0.2) is 0 Å². The van der Waals surface area contributed by atoms with Gasteiger partial charge < -0.3 is 10.6 Å². The number of nitrogens with one attached hydrogen (secondary N) is 2. The highest BCUT2D eigenvalue weighted by Gasteiger charge is 2.42. The van der Waals surface area contributed by atoms with E-state index in [1.165, 1.54) is 32.6 Å². The Morgan fingerprint density at radius 1 is 1.14 bits per heavy atom. The third kappa shape index (κ3) is 3.16. The largest absolute Gasteiger partial charge is 0.349 e. The van der Waals surface area contributed by atoms with Crippen molar-refractivity contribution in [3.05, 3.63) is 29.8 Å². The molecule has 2 aliphatic rings. The summed E-state index contributed by atoms with van der Waals surface area (Å²) in [4.78, 5) is 23.3. The standard InChI is InChI=1S/C18H24N2O2/c1-11(17-10-13-3-4-15(17)9-13)19-18(22)14-5-7-16(8-6-14)20-12(2)21/h5-8,11,13,15,17H,3-4,9-10H2,1-2H3,(H,19,22)(H,20,21). The summed E-state index contributed by atoms with van der Waals surface area (Å²) in [6.45, 7) is 3.60. The maximum atomic E-state index is 12.4. The summed E-state index contributed by atoms with van der Waals surface area (Å²) in [7, 11) is 0. The van der Waals surface area contributed by atoms with E-state index >= 15 is 0 Å². The van der Waals surface area contributed by atoms with Gasteiger partial charge in [-0.15, -0.1) is 0 Å². The summed E-state index contributed by atoms with van der Waals surface area (Å²) in [5.41, 5.74) is 1.36. The number of rotatable bonds is 4. The Kier molecular flexibility index (Phi) is 4.19. The van der Waals surface area contributed by atoms with Crippen molar-refractivity contribution in [3.8, 4) is 0 Å². The van der Waals surface area contributed by atoms with Gasteiger partial charge in [0.25, 0.3) is 5.91 Å². The smallest absolute Gasteiger partial charge is 0.251 e. The minimum atomic E-state index is -0.109. The van der Waals surface area contributed by atoms with Gasteiger partial charge in [0, 0.05) is 24.2 Å². The highest BCUT2D eigenvalue weighted by molar-refractivity contribution is 5.95.